The SMILES string of the molecule is COc1cc(/C=C2/SC(=Nc3ccc(C)cc3)NC2=O)cc(I)c1OCc1ccc2ccccc2c1. The molecule has 0 aromatic heterocycles. The van der Waals surface area contributed by atoms with Crippen molar-refractivity contribution in [3.05, 3.63) is 104 Å². The Bertz CT molecular complexity index is 1510. The van der Waals surface area contributed by atoms with E-state index < -0.39 is 0 Å². The van der Waals surface area contributed by atoms with Crippen LogP contribution in [-0.2, 0) is 11.4 Å². The first-order chi connectivity index (χ1) is 17.5. The zero-order chi connectivity index (χ0) is 25.1. The number of thioether (sulfide) groups is 1. The lowest BCUT2D eigenvalue weighted by atomic mass is 10.1. The Morgan fingerprint density at radius 3 is 2.56 bits per heavy atom. The monoisotopic (exact) mass is 606 g/mol. The van der Waals surface area contributed by atoms with Gasteiger partial charge in [-0.2, -0.15) is 0 Å². The number of benzene rings is 4. The van der Waals surface area contributed by atoms with Gasteiger partial charge in [-0.3, -0.25) is 4.79 Å². The van der Waals surface area contributed by atoms with Crippen LogP contribution in [0.25, 0.3) is 16.8 Å². The van der Waals surface area contributed by atoms with Gasteiger partial charge in [0.15, 0.2) is 16.7 Å². The van der Waals surface area contributed by atoms with Crippen molar-refractivity contribution in [1.29, 1.82) is 0 Å². The molecule has 7 heteroatoms. The number of ether oxygens (including phenoxy) is 2. The van der Waals surface area contributed by atoms with Gasteiger partial charge in [0.25, 0.3) is 5.91 Å². The maximum Gasteiger partial charge on any atom is 0.264 e. The summed E-state index contributed by atoms with van der Waals surface area (Å²) in [6.07, 6.45) is 1.84. The highest BCUT2D eigenvalue weighted by atomic mass is 127. The van der Waals surface area contributed by atoms with Crippen LogP contribution >= 0.6 is 34.4 Å². The fourth-order valence-corrected chi connectivity index (χ4v) is 5.44. The van der Waals surface area contributed by atoms with Crippen LogP contribution in [0.3, 0.4) is 0 Å². The number of aryl methyl sites for hydroxylation is 1. The van der Waals surface area contributed by atoms with Gasteiger partial charge in [-0.15, -0.1) is 0 Å². The minimum absolute atomic E-state index is 0.170. The molecular weight excluding hydrogens is 583 g/mol. The average Bonchev–Trinajstić information content (AvgIpc) is 3.22. The van der Waals surface area contributed by atoms with Gasteiger partial charge in [0.1, 0.15) is 6.61 Å². The summed E-state index contributed by atoms with van der Waals surface area (Å²) in [5.74, 6) is 1.13. The summed E-state index contributed by atoms with van der Waals surface area (Å²) in [6, 6.07) is 26.3. The molecule has 0 spiro atoms. The number of carbonyl (C=O) groups excluding carboxylic acids is 1. The zero-order valence-corrected chi connectivity index (χ0v) is 22.7. The molecule has 0 radical (unpaired) electrons. The Morgan fingerprint density at radius 1 is 1.00 bits per heavy atom. The van der Waals surface area contributed by atoms with Crippen LogP contribution in [0.2, 0.25) is 0 Å². The van der Waals surface area contributed by atoms with Gasteiger partial charge >= 0.3 is 0 Å². The molecule has 1 heterocycles. The smallest absolute Gasteiger partial charge is 0.264 e. The van der Waals surface area contributed by atoms with Gasteiger partial charge in [-0.1, -0.05) is 54.1 Å². The maximum atomic E-state index is 12.6. The van der Waals surface area contributed by atoms with Crippen LogP contribution in [-0.4, -0.2) is 18.2 Å². The standard InChI is InChI=1S/C29H23IN2O3S/c1-18-7-11-23(12-8-18)31-29-32-28(33)26(36-29)16-20-14-24(30)27(25(15-20)34-2)35-17-19-9-10-21-5-3-4-6-22(21)13-19/h3-16H,17H2,1-2H3,(H,31,32,33)/b26-16+. The molecule has 1 aliphatic heterocycles. The molecule has 5 rings (SSSR count). The topological polar surface area (TPSA) is 59.9 Å². The second-order valence-electron chi connectivity index (χ2n) is 8.32. The minimum atomic E-state index is -0.170. The number of rotatable bonds is 6. The molecule has 1 amide bonds. The summed E-state index contributed by atoms with van der Waals surface area (Å²) in [6.45, 7) is 2.45. The van der Waals surface area contributed by atoms with Crippen molar-refractivity contribution >= 4 is 68.0 Å². The largest absolute Gasteiger partial charge is 0.493 e. The summed E-state index contributed by atoms with van der Waals surface area (Å²) >= 11 is 3.56. The molecule has 0 aliphatic carbocycles. The lowest BCUT2D eigenvalue weighted by Gasteiger charge is -2.14. The van der Waals surface area contributed by atoms with Crippen LogP contribution in [0, 0.1) is 10.5 Å². The number of carbonyl (C=O) groups is 1. The van der Waals surface area contributed by atoms with Crippen LogP contribution in [0.5, 0.6) is 11.5 Å². The predicted octanol–water partition coefficient (Wildman–Crippen LogP) is 7.23. The van der Waals surface area contributed by atoms with Crippen molar-refractivity contribution < 1.29 is 14.3 Å². The number of nitrogens with zero attached hydrogens (tertiary/aromatic N) is 1. The van der Waals surface area contributed by atoms with E-state index in [1.807, 2.05) is 61.5 Å². The predicted molar refractivity (Wildman–Crippen MR) is 156 cm³/mol. The van der Waals surface area contributed by atoms with Crippen LogP contribution in [0.4, 0.5) is 5.69 Å². The van der Waals surface area contributed by atoms with Crippen LogP contribution < -0.4 is 14.8 Å². The summed E-state index contributed by atoms with van der Waals surface area (Å²) < 4.78 is 12.7. The number of amidine groups is 1. The van der Waals surface area contributed by atoms with Gasteiger partial charge in [0.2, 0.25) is 0 Å². The minimum Gasteiger partial charge on any atom is -0.493 e. The molecule has 1 saturated heterocycles. The Hall–Kier alpha value is -3.30. The molecule has 180 valence electrons. The Labute approximate surface area is 227 Å². The normalized spacial score (nSPS) is 15.5. The third kappa shape index (κ3) is 5.57. The van der Waals surface area contributed by atoms with Crippen molar-refractivity contribution in [2.75, 3.05) is 7.11 Å². The first-order valence-corrected chi connectivity index (χ1v) is 13.2. The molecule has 0 bridgehead atoms. The van der Waals surface area contributed by atoms with Crippen molar-refractivity contribution in [1.82, 2.24) is 5.32 Å². The number of fused-ring (bicyclic) bond motifs is 1. The molecule has 4 aromatic rings. The summed E-state index contributed by atoms with van der Waals surface area (Å²) in [7, 11) is 1.62. The second kappa shape index (κ2) is 10.8. The van der Waals surface area contributed by atoms with E-state index in [-0.39, 0.29) is 5.91 Å². The number of hydrogen-bond donors (Lipinski definition) is 1. The summed E-state index contributed by atoms with van der Waals surface area (Å²) in [5, 5.41) is 5.78. The van der Waals surface area contributed by atoms with E-state index in [4.69, 9.17) is 9.47 Å². The van der Waals surface area contributed by atoms with Crippen molar-refractivity contribution in [2.45, 2.75) is 13.5 Å². The molecular formula is C29H23IN2O3S. The number of hydrogen-bond acceptors (Lipinski definition) is 5. The fourth-order valence-electron chi connectivity index (χ4n) is 3.82. The highest BCUT2D eigenvalue weighted by Crippen LogP contribution is 2.37. The van der Waals surface area contributed by atoms with E-state index in [0.717, 1.165) is 25.9 Å². The second-order valence-corrected chi connectivity index (χ2v) is 10.5. The molecule has 1 N–H and O–H groups in total. The van der Waals surface area contributed by atoms with Gasteiger partial charge in [-0.05, 0) is 99.6 Å². The number of amides is 1. The molecule has 0 unspecified atom stereocenters. The Kier molecular flexibility index (Phi) is 7.29. The van der Waals surface area contributed by atoms with Gasteiger partial charge < -0.3 is 14.8 Å². The zero-order valence-electron chi connectivity index (χ0n) is 19.7. The van der Waals surface area contributed by atoms with E-state index in [1.165, 1.54) is 22.5 Å². The first kappa shape index (κ1) is 24.4. The molecule has 0 saturated carbocycles. The summed E-state index contributed by atoms with van der Waals surface area (Å²) in [4.78, 5) is 17.7. The van der Waals surface area contributed by atoms with Crippen molar-refractivity contribution in [2.24, 2.45) is 4.99 Å². The van der Waals surface area contributed by atoms with Crippen molar-refractivity contribution in [3.8, 4) is 11.5 Å². The van der Waals surface area contributed by atoms with Crippen LogP contribution in [0.15, 0.2) is 88.8 Å². The van der Waals surface area contributed by atoms with Gasteiger partial charge in [0, 0.05) is 0 Å². The van der Waals surface area contributed by atoms with E-state index in [2.05, 4.69) is 63.2 Å². The number of aliphatic imine (C=N–C) groups is 1. The highest BCUT2D eigenvalue weighted by Gasteiger charge is 2.24. The Balaban J connectivity index is 1.34. The van der Waals surface area contributed by atoms with Crippen LogP contribution in [0.1, 0.15) is 16.7 Å². The van der Waals surface area contributed by atoms with E-state index in [0.29, 0.717) is 28.2 Å². The highest BCUT2D eigenvalue weighted by molar-refractivity contribution is 14.1. The van der Waals surface area contributed by atoms with E-state index in [1.54, 1.807) is 7.11 Å². The fraction of sp³-hybridized carbons (Fsp3) is 0.103. The van der Waals surface area contributed by atoms with E-state index >= 15 is 0 Å². The lowest BCUT2D eigenvalue weighted by molar-refractivity contribution is -0.115. The lowest BCUT2D eigenvalue weighted by Crippen LogP contribution is -2.19. The number of methoxy groups -OCH3 is 1. The third-order valence-corrected chi connectivity index (χ3v) is 7.37. The van der Waals surface area contributed by atoms with E-state index in [9.17, 15) is 4.79 Å². The van der Waals surface area contributed by atoms with Crippen molar-refractivity contribution in [3.63, 3.8) is 0 Å². The number of halogens is 1. The molecule has 36 heavy (non-hydrogen) atoms. The molecule has 5 nitrogen and oxygen atoms in total. The molecule has 1 aliphatic rings. The quantitative estimate of drug-likeness (QED) is 0.186. The summed E-state index contributed by atoms with van der Waals surface area (Å²) in [5.41, 5.74) is 3.89. The van der Waals surface area contributed by atoms with Gasteiger partial charge in [0.05, 0.1) is 21.3 Å². The molecule has 1 fully saturated rings. The number of nitrogens with one attached hydrogen (secondary N) is 1. The third-order valence-electron chi connectivity index (χ3n) is 5.66. The molecule has 0 atom stereocenters. The maximum absolute atomic E-state index is 12.6. The average molecular weight is 606 g/mol. The molecule has 4 aromatic carbocycles. The Morgan fingerprint density at radius 2 is 1.78 bits per heavy atom. The first-order valence-electron chi connectivity index (χ1n) is 11.3. The van der Waals surface area contributed by atoms with Gasteiger partial charge in [-0.25, -0.2) is 4.99 Å².